The van der Waals surface area contributed by atoms with Crippen LogP contribution in [0.4, 0.5) is 4.79 Å². The van der Waals surface area contributed by atoms with Gasteiger partial charge in [-0.25, -0.2) is 9.59 Å². The molecule has 10 nitrogen and oxygen atoms in total. The molecule has 3 rings (SSSR count). The maximum Gasteiger partial charge on any atom is 0.410 e. The Kier molecular flexibility index (Phi) is 8.28. The molecule has 0 saturated carbocycles. The Morgan fingerprint density at radius 1 is 1.08 bits per heavy atom. The summed E-state index contributed by atoms with van der Waals surface area (Å²) >= 11 is 0. The number of carbonyl (C=O) groups excluding carboxylic acids is 3. The molecule has 0 spiro atoms. The zero-order valence-electron chi connectivity index (χ0n) is 21.4. The largest absolute Gasteiger partial charge is 0.480 e. The Morgan fingerprint density at radius 3 is 2.22 bits per heavy atom. The van der Waals surface area contributed by atoms with Crippen LogP contribution in [0, 0.1) is 0 Å². The predicted octanol–water partition coefficient (Wildman–Crippen LogP) is 1.90. The molecule has 2 saturated heterocycles. The number of aliphatic hydroxyl groups is 1. The maximum absolute atomic E-state index is 13.5. The van der Waals surface area contributed by atoms with Gasteiger partial charge in [0.25, 0.3) is 0 Å². The molecule has 2 aliphatic rings. The van der Waals surface area contributed by atoms with Crippen molar-refractivity contribution >= 4 is 23.9 Å². The molecule has 0 aromatic heterocycles. The maximum atomic E-state index is 13.5. The normalized spacial score (nSPS) is 21.4. The molecule has 198 valence electrons. The van der Waals surface area contributed by atoms with E-state index in [9.17, 15) is 29.4 Å². The Balaban J connectivity index is 1.77. The number of ether oxygens (including phenoxy) is 1. The lowest BCUT2D eigenvalue weighted by Gasteiger charge is -2.42. The number of carboxylic acid groups (broad SMARTS) is 1. The van der Waals surface area contributed by atoms with Gasteiger partial charge in [0.15, 0.2) is 6.04 Å². The molecule has 3 atom stereocenters. The van der Waals surface area contributed by atoms with E-state index < -0.39 is 47.2 Å². The summed E-state index contributed by atoms with van der Waals surface area (Å²) in [7, 11) is 0. The van der Waals surface area contributed by atoms with E-state index >= 15 is 0 Å². The van der Waals surface area contributed by atoms with Crippen LogP contribution in [-0.4, -0.2) is 87.3 Å². The number of piperidine rings is 1. The van der Waals surface area contributed by atoms with Gasteiger partial charge >= 0.3 is 12.1 Å². The van der Waals surface area contributed by atoms with E-state index in [-0.39, 0.29) is 31.8 Å². The van der Waals surface area contributed by atoms with E-state index in [1.807, 2.05) is 30.3 Å². The van der Waals surface area contributed by atoms with E-state index in [0.717, 1.165) is 5.56 Å². The number of aliphatic carboxylic acids is 1. The standard InChI is InChI=1S/C26H37N3O7/c1-17(30)20(22(32)33)27-23(34)26(18-9-6-5-7-10-18)12-15-28(16-13-26)21(31)19-11-8-14-29(19)24(35)36-25(2,3)4/h5-7,9-10,17,19-20,30H,8,11-16H2,1-4H3,(H,27,34)(H,32,33)/t17-,19+,20+/m0/s1. The molecule has 1 aromatic rings. The Labute approximate surface area is 211 Å². The summed E-state index contributed by atoms with van der Waals surface area (Å²) in [6, 6.07) is 7.02. The lowest BCUT2D eigenvalue weighted by Crippen LogP contribution is -2.59. The van der Waals surface area contributed by atoms with Gasteiger partial charge in [-0.15, -0.1) is 0 Å². The number of carboxylic acids is 1. The molecule has 2 fully saturated rings. The number of benzene rings is 1. The van der Waals surface area contributed by atoms with Crippen LogP contribution < -0.4 is 5.32 Å². The summed E-state index contributed by atoms with van der Waals surface area (Å²) in [5.74, 6) is -1.99. The van der Waals surface area contributed by atoms with Crippen molar-refractivity contribution in [2.75, 3.05) is 19.6 Å². The van der Waals surface area contributed by atoms with E-state index in [0.29, 0.717) is 19.4 Å². The minimum absolute atomic E-state index is 0.173. The minimum atomic E-state index is -1.45. The Hall–Kier alpha value is -3.14. The van der Waals surface area contributed by atoms with Gasteiger partial charge in [-0.3, -0.25) is 14.5 Å². The number of carbonyl (C=O) groups is 4. The minimum Gasteiger partial charge on any atom is -0.480 e. The Bertz CT molecular complexity index is 965. The van der Waals surface area contributed by atoms with Crippen LogP contribution in [0.15, 0.2) is 30.3 Å². The molecule has 0 bridgehead atoms. The van der Waals surface area contributed by atoms with Gasteiger partial charge in [0.05, 0.1) is 11.5 Å². The van der Waals surface area contributed by atoms with Gasteiger partial charge in [0, 0.05) is 19.6 Å². The second-order valence-corrected chi connectivity index (χ2v) is 10.6. The summed E-state index contributed by atoms with van der Waals surface area (Å²) in [5.41, 5.74) is -0.997. The molecule has 36 heavy (non-hydrogen) atoms. The van der Waals surface area contributed by atoms with Crippen LogP contribution in [0.2, 0.25) is 0 Å². The lowest BCUT2D eigenvalue weighted by atomic mass is 9.71. The second kappa shape index (κ2) is 10.9. The van der Waals surface area contributed by atoms with Crippen molar-refractivity contribution in [2.24, 2.45) is 0 Å². The quantitative estimate of drug-likeness (QED) is 0.539. The molecule has 2 aliphatic heterocycles. The SMILES string of the molecule is C[C@H](O)[C@@H](NC(=O)C1(c2ccccc2)CCN(C(=O)[C@H]2CCCN2C(=O)OC(C)(C)C)CC1)C(=O)O. The van der Waals surface area contributed by atoms with Crippen molar-refractivity contribution in [1.82, 2.24) is 15.1 Å². The van der Waals surface area contributed by atoms with Crippen molar-refractivity contribution < 1.29 is 34.1 Å². The zero-order chi connectivity index (χ0) is 26.7. The number of amides is 3. The van der Waals surface area contributed by atoms with Crippen LogP contribution in [0.1, 0.15) is 58.9 Å². The van der Waals surface area contributed by atoms with E-state index in [1.54, 1.807) is 25.7 Å². The molecule has 0 aliphatic carbocycles. The molecular weight excluding hydrogens is 466 g/mol. The van der Waals surface area contributed by atoms with Crippen molar-refractivity contribution in [2.45, 2.75) is 82.6 Å². The molecule has 3 amide bonds. The summed E-state index contributed by atoms with van der Waals surface area (Å²) in [4.78, 5) is 54.3. The highest BCUT2D eigenvalue weighted by atomic mass is 16.6. The van der Waals surface area contributed by atoms with Crippen molar-refractivity contribution in [1.29, 1.82) is 0 Å². The van der Waals surface area contributed by atoms with Gasteiger partial charge in [-0.2, -0.15) is 0 Å². The molecule has 3 N–H and O–H groups in total. The third-order valence-electron chi connectivity index (χ3n) is 6.89. The van der Waals surface area contributed by atoms with Gasteiger partial charge in [-0.05, 0) is 58.9 Å². The molecule has 0 unspecified atom stereocenters. The van der Waals surface area contributed by atoms with Gasteiger partial charge in [-0.1, -0.05) is 30.3 Å². The fourth-order valence-corrected chi connectivity index (χ4v) is 4.95. The number of likely N-dealkylation sites (tertiary alicyclic amines) is 2. The van der Waals surface area contributed by atoms with E-state index in [4.69, 9.17) is 4.74 Å². The van der Waals surface area contributed by atoms with E-state index in [1.165, 1.54) is 11.8 Å². The second-order valence-electron chi connectivity index (χ2n) is 10.6. The van der Waals surface area contributed by atoms with Gasteiger partial charge < -0.3 is 25.2 Å². The number of nitrogens with zero attached hydrogens (tertiary/aromatic N) is 2. The van der Waals surface area contributed by atoms with Crippen molar-refractivity contribution in [3.63, 3.8) is 0 Å². The number of aliphatic hydroxyl groups excluding tert-OH is 1. The van der Waals surface area contributed by atoms with Crippen molar-refractivity contribution in [3.8, 4) is 0 Å². The molecule has 0 radical (unpaired) electrons. The molecule has 1 aromatic carbocycles. The van der Waals surface area contributed by atoms with Crippen LogP contribution in [0.3, 0.4) is 0 Å². The summed E-state index contributed by atoms with van der Waals surface area (Å²) in [6.45, 7) is 7.65. The highest BCUT2D eigenvalue weighted by Crippen LogP contribution is 2.37. The number of hydrogen-bond acceptors (Lipinski definition) is 6. The predicted molar refractivity (Wildman–Crippen MR) is 131 cm³/mol. The molecule has 2 heterocycles. The third kappa shape index (κ3) is 5.98. The smallest absolute Gasteiger partial charge is 0.410 e. The first-order valence-electron chi connectivity index (χ1n) is 12.4. The lowest BCUT2D eigenvalue weighted by molar-refractivity contribution is -0.146. The molecular formula is C26H37N3O7. The van der Waals surface area contributed by atoms with Crippen LogP contribution >= 0.6 is 0 Å². The first-order chi connectivity index (χ1) is 16.9. The first-order valence-corrected chi connectivity index (χ1v) is 12.4. The topological polar surface area (TPSA) is 136 Å². The third-order valence-corrected chi connectivity index (χ3v) is 6.89. The zero-order valence-corrected chi connectivity index (χ0v) is 21.4. The van der Waals surface area contributed by atoms with Crippen molar-refractivity contribution in [3.05, 3.63) is 35.9 Å². The fourth-order valence-electron chi connectivity index (χ4n) is 4.95. The van der Waals surface area contributed by atoms with Gasteiger partial charge in [0.2, 0.25) is 11.8 Å². The summed E-state index contributed by atoms with van der Waals surface area (Å²) in [6.07, 6.45) is 0.0247. The van der Waals surface area contributed by atoms with Crippen LogP contribution in [0.25, 0.3) is 0 Å². The number of rotatable bonds is 6. The highest BCUT2D eigenvalue weighted by Gasteiger charge is 2.47. The summed E-state index contributed by atoms with van der Waals surface area (Å²) < 4.78 is 5.48. The van der Waals surface area contributed by atoms with Gasteiger partial charge in [0.1, 0.15) is 11.6 Å². The number of hydrogen-bond donors (Lipinski definition) is 3. The average molecular weight is 504 g/mol. The van der Waals surface area contributed by atoms with E-state index in [2.05, 4.69) is 5.32 Å². The summed E-state index contributed by atoms with van der Waals surface area (Å²) in [5, 5.41) is 21.8. The van der Waals surface area contributed by atoms with Crippen LogP contribution in [-0.2, 0) is 24.5 Å². The van der Waals surface area contributed by atoms with Crippen LogP contribution in [0.5, 0.6) is 0 Å². The monoisotopic (exact) mass is 503 g/mol. The first kappa shape index (κ1) is 27.4. The highest BCUT2D eigenvalue weighted by molar-refractivity contribution is 5.92. The fraction of sp³-hybridized carbons (Fsp3) is 0.615. The Morgan fingerprint density at radius 2 is 1.69 bits per heavy atom. The molecule has 10 heteroatoms. The average Bonchev–Trinajstić information content (AvgIpc) is 3.31. The number of nitrogens with one attached hydrogen (secondary N) is 1.